The van der Waals surface area contributed by atoms with E-state index in [0.717, 1.165) is 12.3 Å². The van der Waals surface area contributed by atoms with Crippen molar-refractivity contribution < 1.29 is 31.9 Å². The van der Waals surface area contributed by atoms with E-state index in [0.29, 0.717) is 0 Å². The maximum atomic E-state index is 11.0. The van der Waals surface area contributed by atoms with E-state index in [4.69, 9.17) is 9.90 Å². The highest BCUT2D eigenvalue weighted by atomic mass is 79.9. The Morgan fingerprint density at radius 2 is 1.07 bits per heavy atom. The van der Waals surface area contributed by atoms with Gasteiger partial charge in [0.2, 0.25) is 0 Å². The van der Waals surface area contributed by atoms with Gasteiger partial charge in [-0.25, -0.2) is 4.79 Å². The maximum Gasteiger partial charge on any atom is 0.417 e. The minimum absolute atomic E-state index is 0.729. The number of hydrogen-bond acceptors (Lipinski definition) is 1. The molecule has 0 amide bonds. The van der Waals surface area contributed by atoms with Gasteiger partial charge in [0.1, 0.15) is 0 Å². The lowest BCUT2D eigenvalue weighted by Crippen LogP contribution is -2.19. The summed E-state index contributed by atoms with van der Waals surface area (Å²) in [6.45, 7) is 7.29. The van der Waals surface area contributed by atoms with Crippen molar-refractivity contribution in [1.82, 2.24) is 0 Å². The van der Waals surface area contributed by atoms with Gasteiger partial charge in [0.25, 0.3) is 0 Å². The fourth-order valence-corrected chi connectivity index (χ4v) is 1.07. The van der Waals surface area contributed by atoms with Crippen LogP contribution in [-0.2, 0) is 4.79 Å². The van der Waals surface area contributed by atoms with Crippen LogP contribution in [0.1, 0.15) is 31.4 Å². The molecule has 1 N–H and O–H groups in total. The van der Waals surface area contributed by atoms with E-state index in [1.807, 2.05) is 43.3 Å². The summed E-state index contributed by atoms with van der Waals surface area (Å²) in [6.07, 6.45) is -4.69. The number of benzene rings is 2. The molecule has 0 heterocycles. The number of alkyl halides is 7. The second-order valence-electron chi connectivity index (χ2n) is 5.35. The first-order chi connectivity index (χ1) is 13.7. The Kier molecular flexibility index (Phi) is 21.2. The summed E-state index contributed by atoms with van der Waals surface area (Å²) in [6, 6.07) is 20.5. The van der Waals surface area contributed by atoms with Crippen LogP contribution < -0.4 is 0 Å². The van der Waals surface area contributed by atoms with Gasteiger partial charge in [-0.2, -0.15) is 22.0 Å². The van der Waals surface area contributed by atoms with Gasteiger partial charge >= 0.3 is 17.5 Å². The first-order valence-electron chi connectivity index (χ1n) is 8.67. The minimum Gasteiger partial charge on any atom is -0.476 e. The van der Waals surface area contributed by atoms with E-state index in [1.165, 1.54) is 11.1 Å². The highest BCUT2D eigenvalue weighted by molar-refractivity contribution is 9.09. The lowest BCUT2D eigenvalue weighted by molar-refractivity contribution is -0.153. The Morgan fingerprint density at radius 3 is 1.13 bits per heavy atom. The fraction of sp³-hybridized carbons (Fsp3) is 0.381. The second-order valence-corrected chi connectivity index (χ2v) is 6.94. The summed E-state index contributed by atoms with van der Waals surface area (Å²) in [5.74, 6) is -2.32. The average Bonchev–Trinajstić information content (AvgIpc) is 2.64. The molecule has 2 rings (SSSR count). The molecule has 0 aliphatic rings. The topological polar surface area (TPSA) is 37.3 Å². The molecule has 2 nitrogen and oxygen atoms in total. The van der Waals surface area contributed by atoms with Crippen LogP contribution in [0.5, 0.6) is 0 Å². The van der Waals surface area contributed by atoms with E-state index < -0.39 is 23.9 Å². The number of halogens is 7. The molecule has 0 aromatic heterocycles. The standard InChI is InChI=1S/2C7H8.C3H5F3.C2H5Br.C2HClF2O2/c2*1-7-5-3-2-4-6-7;1-2-3(4,5)6;1-2-3;3-2(4,5)1(6)7/h2*2-6H,1H3;2H2,1H3;2H2,1H3;(H,6,7). The Labute approximate surface area is 188 Å². The molecule has 0 saturated heterocycles. The Morgan fingerprint density at radius 1 is 0.867 bits per heavy atom. The molecule has 0 aliphatic heterocycles. The molecule has 0 aliphatic carbocycles. The number of carbonyl (C=O) groups is 1. The van der Waals surface area contributed by atoms with Gasteiger partial charge in [0.15, 0.2) is 0 Å². The number of carboxylic acid groups (broad SMARTS) is 1. The summed E-state index contributed by atoms with van der Waals surface area (Å²) in [7, 11) is 0. The van der Waals surface area contributed by atoms with Gasteiger partial charge in [-0.3, -0.25) is 0 Å². The van der Waals surface area contributed by atoms with Gasteiger partial charge in [-0.1, -0.05) is 102 Å². The summed E-state index contributed by atoms with van der Waals surface area (Å²) in [5.41, 5.74) is 2.64. The van der Waals surface area contributed by atoms with E-state index in [9.17, 15) is 22.0 Å². The van der Waals surface area contributed by atoms with Crippen molar-refractivity contribution in [3.8, 4) is 0 Å². The Bertz CT molecular complexity index is 596. The normalized spacial score (nSPS) is 9.70. The molecule has 2 aromatic carbocycles. The number of rotatable bonds is 1. The molecule has 2 aromatic rings. The molecular formula is C21H27BrClF5O2. The van der Waals surface area contributed by atoms with Crippen LogP contribution in [0.25, 0.3) is 0 Å². The van der Waals surface area contributed by atoms with Gasteiger partial charge in [0, 0.05) is 11.8 Å². The number of aryl methyl sites for hydroxylation is 2. The molecule has 172 valence electrons. The zero-order chi connectivity index (χ0) is 24.2. The van der Waals surface area contributed by atoms with Crippen molar-refractivity contribution in [3.63, 3.8) is 0 Å². The summed E-state index contributed by atoms with van der Waals surface area (Å²) in [5, 5.41) is 4.32. The van der Waals surface area contributed by atoms with E-state index in [2.05, 4.69) is 65.6 Å². The van der Waals surface area contributed by atoms with Crippen molar-refractivity contribution in [2.45, 2.75) is 45.7 Å². The van der Waals surface area contributed by atoms with Crippen molar-refractivity contribution >= 4 is 33.5 Å². The second kappa shape index (κ2) is 19.3. The molecule has 30 heavy (non-hydrogen) atoms. The van der Waals surface area contributed by atoms with E-state index in [-0.39, 0.29) is 0 Å². The summed E-state index contributed by atoms with van der Waals surface area (Å²) in [4.78, 5) is 9.14. The van der Waals surface area contributed by atoms with Gasteiger partial charge in [-0.05, 0) is 25.4 Å². The third-order valence-corrected chi connectivity index (χ3v) is 2.69. The first-order valence-corrected chi connectivity index (χ1v) is 10.2. The average molecular weight is 522 g/mol. The van der Waals surface area contributed by atoms with Crippen LogP contribution in [0.2, 0.25) is 0 Å². The smallest absolute Gasteiger partial charge is 0.417 e. The largest absolute Gasteiger partial charge is 0.476 e. The fourth-order valence-electron chi connectivity index (χ4n) is 1.07. The van der Waals surface area contributed by atoms with Crippen LogP contribution in [0.15, 0.2) is 60.7 Å². The van der Waals surface area contributed by atoms with Crippen LogP contribution >= 0.6 is 27.5 Å². The number of hydrogen-bond donors (Lipinski definition) is 1. The van der Waals surface area contributed by atoms with Gasteiger partial charge in [0.05, 0.1) is 0 Å². The van der Waals surface area contributed by atoms with Crippen LogP contribution in [0.4, 0.5) is 22.0 Å². The maximum absolute atomic E-state index is 11.0. The SMILES string of the molecule is CCBr.CCC(F)(F)F.Cc1ccccc1.Cc1ccccc1.O=C(O)C(F)(F)Cl. The van der Waals surface area contributed by atoms with Crippen LogP contribution in [-0.4, -0.2) is 28.0 Å². The molecule has 0 radical (unpaired) electrons. The molecule has 9 heteroatoms. The predicted molar refractivity (Wildman–Crippen MR) is 117 cm³/mol. The molecular weight excluding hydrogens is 495 g/mol. The van der Waals surface area contributed by atoms with Gasteiger partial charge in [-0.15, -0.1) is 0 Å². The zero-order valence-electron chi connectivity index (χ0n) is 17.2. The molecule has 0 fully saturated rings. The molecule has 0 atom stereocenters. The lowest BCUT2D eigenvalue weighted by atomic mass is 10.2. The summed E-state index contributed by atoms with van der Waals surface area (Å²) >= 11 is 7.08. The molecule has 0 unspecified atom stereocenters. The summed E-state index contributed by atoms with van der Waals surface area (Å²) < 4.78 is 54.4. The highest BCUT2D eigenvalue weighted by Gasteiger charge is 2.35. The quantitative estimate of drug-likeness (QED) is 0.303. The lowest BCUT2D eigenvalue weighted by Gasteiger charge is -1.96. The van der Waals surface area contributed by atoms with Crippen molar-refractivity contribution in [1.29, 1.82) is 0 Å². The van der Waals surface area contributed by atoms with Crippen LogP contribution in [0, 0.1) is 13.8 Å². The minimum atomic E-state index is -4.11. The predicted octanol–water partition coefficient (Wildman–Crippen LogP) is 8.25. The molecule has 0 bridgehead atoms. The number of aliphatic carboxylic acids is 1. The van der Waals surface area contributed by atoms with Crippen molar-refractivity contribution in [3.05, 3.63) is 71.8 Å². The van der Waals surface area contributed by atoms with Gasteiger partial charge < -0.3 is 5.11 Å². The van der Waals surface area contributed by atoms with Crippen molar-refractivity contribution in [2.24, 2.45) is 0 Å². The van der Waals surface area contributed by atoms with E-state index in [1.54, 1.807) is 0 Å². The molecule has 0 saturated carbocycles. The van der Waals surface area contributed by atoms with Crippen molar-refractivity contribution in [2.75, 3.05) is 5.33 Å². The van der Waals surface area contributed by atoms with E-state index >= 15 is 0 Å². The zero-order valence-corrected chi connectivity index (χ0v) is 19.5. The third-order valence-electron chi connectivity index (χ3n) is 2.52. The number of carboxylic acids is 1. The highest BCUT2D eigenvalue weighted by Crippen LogP contribution is 2.18. The Hall–Kier alpha value is -1.67. The monoisotopic (exact) mass is 520 g/mol. The third kappa shape index (κ3) is 31.0. The first kappa shape index (κ1) is 33.0. The Balaban J connectivity index is -0.000000311. The molecule has 0 spiro atoms. The van der Waals surface area contributed by atoms with Crippen LogP contribution in [0.3, 0.4) is 0 Å².